The van der Waals surface area contributed by atoms with Gasteiger partial charge in [-0.3, -0.25) is 4.79 Å². The molecular formula is C18H27NO3. The van der Waals surface area contributed by atoms with E-state index in [4.69, 9.17) is 4.74 Å². The fourth-order valence-electron chi connectivity index (χ4n) is 3.07. The van der Waals surface area contributed by atoms with Gasteiger partial charge >= 0.3 is 0 Å². The number of carbonyl (C=O) groups excluding carboxylic acids is 1. The highest BCUT2D eigenvalue weighted by Crippen LogP contribution is 2.31. The summed E-state index contributed by atoms with van der Waals surface area (Å²) < 4.78 is 5.31. The smallest absolute Gasteiger partial charge is 0.220 e. The van der Waals surface area contributed by atoms with E-state index in [0.717, 1.165) is 36.1 Å². The highest BCUT2D eigenvalue weighted by Gasteiger charge is 2.33. The molecule has 0 radical (unpaired) electrons. The molecule has 4 heteroatoms. The second kappa shape index (κ2) is 7.63. The van der Waals surface area contributed by atoms with Crippen LogP contribution in [0.15, 0.2) is 18.2 Å². The zero-order valence-electron chi connectivity index (χ0n) is 13.8. The van der Waals surface area contributed by atoms with Gasteiger partial charge in [0.25, 0.3) is 0 Å². The summed E-state index contributed by atoms with van der Waals surface area (Å²) in [7, 11) is 1.66. The molecule has 1 unspecified atom stereocenters. The predicted octanol–water partition coefficient (Wildman–Crippen LogP) is 2.60. The largest absolute Gasteiger partial charge is 0.496 e. The quantitative estimate of drug-likeness (QED) is 0.814. The molecule has 1 atom stereocenters. The highest BCUT2D eigenvalue weighted by molar-refractivity contribution is 5.76. The molecule has 0 spiro atoms. The van der Waals surface area contributed by atoms with Crippen molar-refractivity contribution in [3.8, 4) is 5.75 Å². The van der Waals surface area contributed by atoms with Crippen molar-refractivity contribution >= 4 is 5.91 Å². The van der Waals surface area contributed by atoms with Gasteiger partial charge in [-0.05, 0) is 55.7 Å². The SMILES string of the molecule is CCC(NC(=O)CCc1ccc(C)c(OC)c1)C1CC(O)C1. The Balaban J connectivity index is 1.82. The van der Waals surface area contributed by atoms with Crippen LogP contribution < -0.4 is 10.1 Å². The second-order valence-electron chi connectivity index (χ2n) is 6.27. The fourth-order valence-corrected chi connectivity index (χ4v) is 3.07. The van der Waals surface area contributed by atoms with Crippen LogP contribution in [0.25, 0.3) is 0 Å². The third kappa shape index (κ3) is 4.23. The van der Waals surface area contributed by atoms with Crippen LogP contribution >= 0.6 is 0 Å². The molecule has 0 saturated heterocycles. The topological polar surface area (TPSA) is 58.6 Å². The third-order valence-corrected chi connectivity index (χ3v) is 4.62. The zero-order valence-corrected chi connectivity index (χ0v) is 13.8. The molecule has 1 aliphatic carbocycles. The summed E-state index contributed by atoms with van der Waals surface area (Å²) in [6.45, 7) is 4.09. The second-order valence-corrected chi connectivity index (χ2v) is 6.27. The maximum absolute atomic E-state index is 12.1. The van der Waals surface area contributed by atoms with Gasteiger partial charge in [0.05, 0.1) is 13.2 Å². The van der Waals surface area contributed by atoms with Gasteiger partial charge in [-0.2, -0.15) is 0 Å². The van der Waals surface area contributed by atoms with Crippen LogP contribution in [0.3, 0.4) is 0 Å². The van der Waals surface area contributed by atoms with Gasteiger partial charge in [0.1, 0.15) is 5.75 Å². The number of aryl methyl sites for hydroxylation is 2. The van der Waals surface area contributed by atoms with Gasteiger partial charge in [-0.1, -0.05) is 19.1 Å². The van der Waals surface area contributed by atoms with Gasteiger partial charge in [-0.25, -0.2) is 0 Å². The van der Waals surface area contributed by atoms with Crippen LogP contribution in [-0.2, 0) is 11.2 Å². The van der Waals surface area contributed by atoms with Crippen LogP contribution in [0.1, 0.15) is 43.7 Å². The van der Waals surface area contributed by atoms with E-state index in [9.17, 15) is 9.90 Å². The summed E-state index contributed by atoms with van der Waals surface area (Å²) in [5.74, 6) is 1.39. The van der Waals surface area contributed by atoms with Crippen molar-refractivity contribution in [3.05, 3.63) is 29.3 Å². The molecule has 0 bridgehead atoms. The first-order valence-corrected chi connectivity index (χ1v) is 8.14. The average Bonchev–Trinajstić information content (AvgIpc) is 2.49. The molecule has 1 aromatic carbocycles. The molecule has 1 aromatic rings. The Morgan fingerprint density at radius 3 is 2.77 bits per heavy atom. The summed E-state index contributed by atoms with van der Waals surface area (Å²) in [5.41, 5.74) is 2.22. The Labute approximate surface area is 132 Å². The Kier molecular flexibility index (Phi) is 5.83. The van der Waals surface area contributed by atoms with Crippen LogP contribution in [0.4, 0.5) is 0 Å². The number of rotatable bonds is 7. The standard InChI is InChI=1S/C18H27NO3/c1-4-16(14-10-15(20)11-14)19-18(21)8-7-13-6-5-12(2)17(9-13)22-3/h5-6,9,14-16,20H,4,7-8,10-11H2,1-3H3,(H,19,21). The molecule has 2 rings (SSSR count). The molecule has 1 fully saturated rings. The number of benzene rings is 1. The lowest BCUT2D eigenvalue weighted by Gasteiger charge is -2.37. The Morgan fingerprint density at radius 1 is 1.45 bits per heavy atom. The number of carbonyl (C=O) groups is 1. The number of hydrogen-bond donors (Lipinski definition) is 2. The minimum Gasteiger partial charge on any atom is -0.496 e. The average molecular weight is 305 g/mol. The number of methoxy groups -OCH3 is 1. The molecule has 122 valence electrons. The van der Waals surface area contributed by atoms with Gasteiger partial charge in [-0.15, -0.1) is 0 Å². The van der Waals surface area contributed by atoms with Crippen molar-refractivity contribution < 1.29 is 14.6 Å². The molecule has 1 amide bonds. The molecule has 1 saturated carbocycles. The van der Waals surface area contributed by atoms with Crippen LogP contribution in [0.5, 0.6) is 5.75 Å². The summed E-state index contributed by atoms with van der Waals surface area (Å²) in [6, 6.07) is 6.27. The van der Waals surface area contributed by atoms with E-state index in [1.165, 1.54) is 0 Å². The van der Waals surface area contributed by atoms with Crippen molar-refractivity contribution in [2.45, 2.75) is 58.1 Å². The van der Waals surface area contributed by atoms with Crippen molar-refractivity contribution in [1.29, 1.82) is 0 Å². The van der Waals surface area contributed by atoms with Crippen molar-refractivity contribution in [1.82, 2.24) is 5.32 Å². The molecule has 2 N–H and O–H groups in total. The summed E-state index contributed by atoms with van der Waals surface area (Å²) >= 11 is 0. The highest BCUT2D eigenvalue weighted by atomic mass is 16.5. The lowest BCUT2D eigenvalue weighted by Crippen LogP contribution is -2.46. The Bertz CT molecular complexity index is 509. The van der Waals surface area contributed by atoms with Crippen LogP contribution in [0, 0.1) is 12.8 Å². The third-order valence-electron chi connectivity index (χ3n) is 4.62. The molecule has 1 aliphatic rings. The van der Waals surface area contributed by atoms with Gasteiger partial charge in [0.2, 0.25) is 5.91 Å². The number of aliphatic hydroxyl groups is 1. The number of hydrogen-bond acceptors (Lipinski definition) is 3. The molecule has 0 heterocycles. The first-order valence-electron chi connectivity index (χ1n) is 8.14. The number of amides is 1. The van der Waals surface area contributed by atoms with E-state index in [0.29, 0.717) is 18.8 Å². The van der Waals surface area contributed by atoms with Crippen molar-refractivity contribution in [2.24, 2.45) is 5.92 Å². The summed E-state index contributed by atoms with van der Waals surface area (Å²) in [6.07, 6.45) is 3.57. The zero-order chi connectivity index (χ0) is 16.1. The van der Waals surface area contributed by atoms with E-state index in [1.807, 2.05) is 25.1 Å². The minimum atomic E-state index is -0.170. The molecule has 4 nitrogen and oxygen atoms in total. The maximum atomic E-state index is 12.1. The summed E-state index contributed by atoms with van der Waals surface area (Å²) in [4.78, 5) is 12.1. The Morgan fingerprint density at radius 2 is 2.18 bits per heavy atom. The first-order chi connectivity index (χ1) is 10.5. The molecular weight excluding hydrogens is 278 g/mol. The number of aliphatic hydroxyl groups excluding tert-OH is 1. The summed E-state index contributed by atoms with van der Waals surface area (Å²) in [5, 5.41) is 12.5. The molecule has 0 aromatic heterocycles. The van der Waals surface area contributed by atoms with Gasteiger partial charge in [0, 0.05) is 12.5 Å². The van der Waals surface area contributed by atoms with E-state index in [1.54, 1.807) is 7.11 Å². The minimum absolute atomic E-state index is 0.0905. The van der Waals surface area contributed by atoms with E-state index in [2.05, 4.69) is 12.2 Å². The van der Waals surface area contributed by atoms with E-state index >= 15 is 0 Å². The lowest BCUT2D eigenvalue weighted by atomic mass is 9.76. The monoisotopic (exact) mass is 305 g/mol. The number of ether oxygens (including phenoxy) is 1. The predicted molar refractivity (Wildman–Crippen MR) is 87.0 cm³/mol. The maximum Gasteiger partial charge on any atom is 0.220 e. The lowest BCUT2D eigenvalue weighted by molar-refractivity contribution is -0.123. The van der Waals surface area contributed by atoms with Crippen LogP contribution in [0.2, 0.25) is 0 Å². The van der Waals surface area contributed by atoms with E-state index < -0.39 is 0 Å². The van der Waals surface area contributed by atoms with Crippen molar-refractivity contribution in [3.63, 3.8) is 0 Å². The normalized spacial score (nSPS) is 21.8. The Hall–Kier alpha value is -1.55. The molecule has 22 heavy (non-hydrogen) atoms. The van der Waals surface area contributed by atoms with Crippen molar-refractivity contribution in [2.75, 3.05) is 7.11 Å². The number of nitrogens with one attached hydrogen (secondary N) is 1. The van der Waals surface area contributed by atoms with E-state index in [-0.39, 0.29) is 18.1 Å². The first kappa shape index (κ1) is 16.8. The van der Waals surface area contributed by atoms with Gasteiger partial charge in [0.15, 0.2) is 0 Å². The fraction of sp³-hybridized carbons (Fsp3) is 0.611. The van der Waals surface area contributed by atoms with Gasteiger partial charge < -0.3 is 15.2 Å². The van der Waals surface area contributed by atoms with Crippen LogP contribution in [-0.4, -0.2) is 30.3 Å². The molecule has 0 aliphatic heterocycles.